The maximum Gasteiger partial charge on any atom is 0.354 e. The zero-order chi connectivity index (χ0) is 21.1. The lowest BCUT2D eigenvalue weighted by Crippen LogP contribution is -2.15. The van der Waals surface area contributed by atoms with Crippen LogP contribution in [0.15, 0.2) is 30.3 Å². The molecular formula is C21H25FN4O3. The number of fused-ring (bicyclic) bond motifs is 1. The summed E-state index contributed by atoms with van der Waals surface area (Å²) in [5, 5.41) is 14.9. The molecule has 1 aromatic carbocycles. The number of carboxylic acid groups (broad SMARTS) is 1. The zero-order valence-electron chi connectivity index (χ0n) is 17.0. The molecular weight excluding hydrogens is 375 g/mol. The van der Waals surface area contributed by atoms with Crippen LogP contribution in [0.2, 0.25) is 0 Å². The summed E-state index contributed by atoms with van der Waals surface area (Å²) in [6.45, 7) is 5.29. The summed E-state index contributed by atoms with van der Waals surface area (Å²) < 4.78 is 20.9. The van der Waals surface area contributed by atoms with Crippen LogP contribution in [-0.4, -0.2) is 58.0 Å². The van der Waals surface area contributed by atoms with Crippen molar-refractivity contribution in [2.24, 2.45) is 0 Å². The first-order valence-electron chi connectivity index (χ1n) is 9.48. The standard InChI is InChI=1S/C21H25FN4O3/c1-13(2)19-18-17(29-11-5-10-25(3)4)12-16(21(27)28)23-20(18)26(24-19)15-8-6-14(22)7-9-15/h6-9,12-13H,5,10-11H2,1-4H3,(H,27,28). The molecule has 0 fully saturated rings. The lowest BCUT2D eigenvalue weighted by atomic mass is 10.1. The number of hydrogen-bond acceptors (Lipinski definition) is 5. The Kier molecular flexibility index (Phi) is 6.12. The number of carboxylic acids is 1. The van der Waals surface area contributed by atoms with E-state index in [0.29, 0.717) is 29.1 Å². The third-order valence-corrected chi connectivity index (χ3v) is 4.47. The molecule has 2 aromatic heterocycles. The monoisotopic (exact) mass is 400 g/mol. The second kappa shape index (κ2) is 8.57. The van der Waals surface area contributed by atoms with E-state index in [2.05, 4.69) is 15.0 Å². The molecule has 3 aromatic rings. The van der Waals surface area contributed by atoms with Crippen molar-refractivity contribution in [1.29, 1.82) is 0 Å². The van der Waals surface area contributed by atoms with Gasteiger partial charge in [0.05, 0.1) is 23.4 Å². The molecule has 0 aliphatic heterocycles. The Bertz CT molecular complexity index is 1010. The predicted molar refractivity (Wildman–Crippen MR) is 109 cm³/mol. The predicted octanol–water partition coefficient (Wildman–Crippen LogP) is 3.71. The van der Waals surface area contributed by atoms with Crippen molar-refractivity contribution in [3.8, 4) is 11.4 Å². The maximum absolute atomic E-state index is 13.4. The Morgan fingerprint density at radius 1 is 1.28 bits per heavy atom. The van der Waals surface area contributed by atoms with Gasteiger partial charge in [0.25, 0.3) is 0 Å². The van der Waals surface area contributed by atoms with Crippen LogP contribution in [-0.2, 0) is 0 Å². The van der Waals surface area contributed by atoms with Crippen molar-refractivity contribution < 1.29 is 19.0 Å². The van der Waals surface area contributed by atoms with E-state index < -0.39 is 5.97 Å². The number of aromatic nitrogens is 3. The number of benzene rings is 1. The van der Waals surface area contributed by atoms with Crippen LogP contribution in [0.5, 0.6) is 5.75 Å². The van der Waals surface area contributed by atoms with Crippen molar-refractivity contribution in [2.45, 2.75) is 26.2 Å². The molecule has 8 heteroatoms. The molecule has 0 aliphatic carbocycles. The van der Waals surface area contributed by atoms with Gasteiger partial charge in [-0.2, -0.15) is 5.10 Å². The number of carbonyl (C=O) groups is 1. The summed E-state index contributed by atoms with van der Waals surface area (Å²) in [7, 11) is 3.97. The largest absolute Gasteiger partial charge is 0.493 e. The Balaban J connectivity index is 2.15. The van der Waals surface area contributed by atoms with Crippen LogP contribution >= 0.6 is 0 Å². The van der Waals surface area contributed by atoms with Crippen molar-refractivity contribution in [2.75, 3.05) is 27.2 Å². The van der Waals surface area contributed by atoms with Crippen LogP contribution in [0.25, 0.3) is 16.7 Å². The summed E-state index contributed by atoms with van der Waals surface area (Å²) in [5.41, 5.74) is 1.59. The fourth-order valence-corrected chi connectivity index (χ4v) is 3.06. The number of ether oxygens (including phenoxy) is 1. The first kappa shape index (κ1) is 20.7. The summed E-state index contributed by atoms with van der Waals surface area (Å²) in [4.78, 5) is 18.0. The summed E-state index contributed by atoms with van der Waals surface area (Å²) in [6, 6.07) is 7.27. The Labute approximate surface area is 168 Å². The lowest BCUT2D eigenvalue weighted by molar-refractivity contribution is 0.0690. The van der Waals surface area contributed by atoms with Gasteiger partial charge in [-0.1, -0.05) is 13.8 Å². The molecule has 0 amide bonds. The Morgan fingerprint density at radius 3 is 2.55 bits per heavy atom. The second-order valence-corrected chi connectivity index (χ2v) is 7.44. The molecule has 0 bridgehead atoms. The van der Waals surface area contributed by atoms with Crippen LogP contribution in [0.1, 0.15) is 42.4 Å². The highest BCUT2D eigenvalue weighted by Crippen LogP contribution is 2.34. The average Bonchev–Trinajstić information content (AvgIpc) is 3.05. The smallest absolute Gasteiger partial charge is 0.354 e. The molecule has 1 N–H and O–H groups in total. The molecule has 3 rings (SSSR count). The Morgan fingerprint density at radius 2 is 1.97 bits per heavy atom. The number of nitrogens with zero attached hydrogens (tertiary/aromatic N) is 4. The van der Waals surface area contributed by atoms with Gasteiger partial charge in [0.2, 0.25) is 0 Å². The zero-order valence-corrected chi connectivity index (χ0v) is 17.0. The van der Waals surface area contributed by atoms with E-state index in [4.69, 9.17) is 4.74 Å². The van der Waals surface area contributed by atoms with Gasteiger partial charge in [0.15, 0.2) is 11.3 Å². The Hall–Kier alpha value is -3.00. The highest BCUT2D eigenvalue weighted by molar-refractivity contribution is 5.94. The van der Waals surface area contributed by atoms with Gasteiger partial charge in [-0.15, -0.1) is 0 Å². The highest BCUT2D eigenvalue weighted by atomic mass is 19.1. The van der Waals surface area contributed by atoms with E-state index in [1.165, 1.54) is 18.2 Å². The summed E-state index contributed by atoms with van der Waals surface area (Å²) in [6.07, 6.45) is 0.794. The number of aromatic carboxylic acids is 1. The van der Waals surface area contributed by atoms with Crippen LogP contribution in [0, 0.1) is 5.82 Å². The van der Waals surface area contributed by atoms with Gasteiger partial charge in [-0.3, -0.25) is 0 Å². The van der Waals surface area contributed by atoms with E-state index in [-0.39, 0.29) is 17.4 Å². The van der Waals surface area contributed by atoms with Crippen molar-refractivity contribution in [3.63, 3.8) is 0 Å². The minimum absolute atomic E-state index is 0.0563. The van der Waals surface area contributed by atoms with Crippen molar-refractivity contribution in [1.82, 2.24) is 19.7 Å². The number of pyridine rings is 1. The first-order valence-corrected chi connectivity index (χ1v) is 9.48. The summed E-state index contributed by atoms with van der Waals surface area (Å²) in [5.74, 6) is -1.01. The van der Waals surface area contributed by atoms with E-state index in [9.17, 15) is 14.3 Å². The first-order chi connectivity index (χ1) is 13.8. The molecule has 2 heterocycles. The molecule has 29 heavy (non-hydrogen) atoms. The number of hydrogen-bond donors (Lipinski definition) is 1. The van der Waals surface area contributed by atoms with Gasteiger partial charge in [0, 0.05) is 12.6 Å². The van der Waals surface area contributed by atoms with Gasteiger partial charge < -0.3 is 14.7 Å². The molecule has 0 spiro atoms. The highest BCUT2D eigenvalue weighted by Gasteiger charge is 2.23. The number of rotatable bonds is 8. The second-order valence-electron chi connectivity index (χ2n) is 7.44. The molecule has 0 aliphatic rings. The molecule has 0 unspecified atom stereocenters. The fourth-order valence-electron chi connectivity index (χ4n) is 3.06. The fraction of sp³-hybridized carbons (Fsp3) is 0.381. The molecule has 0 radical (unpaired) electrons. The average molecular weight is 400 g/mol. The van der Waals surface area contributed by atoms with E-state index >= 15 is 0 Å². The van der Waals surface area contributed by atoms with Crippen LogP contribution in [0.4, 0.5) is 4.39 Å². The third-order valence-electron chi connectivity index (χ3n) is 4.47. The number of halogens is 1. The van der Waals surface area contributed by atoms with Gasteiger partial charge in [0.1, 0.15) is 11.6 Å². The van der Waals surface area contributed by atoms with Crippen molar-refractivity contribution >= 4 is 17.0 Å². The minimum Gasteiger partial charge on any atom is -0.493 e. The van der Waals surface area contributed by atoms with Gasteiger partial charge in [-0.25, -0.2) is 18.9 Å². The van der Waals surface area contributed by atoms with Gasteiger partial charge >= 0.3 is 5.97 Å². The minimum atomic E-state index is -1.15. The molecule has 7 nitrogen and oxygen atoms in total. The SMILES string of the molecule is CC(C)c1nn(-c2ccc(F)cc2)c2nc(C(=O)O)cc(OCCCN(C)C)c12. The third kappa shape index (κ3) is 4.54. The molecule has 0 atom stereocenters. The van der Waals surface area contributed by atoms with E-state index in [0.717, 1.165) is 18.7 Å². The molecule has 0 saturated carbocycles. The van der Waals surface area contributed by atoms with Crippen LogP contribution < -0.4 is 4.74 Å². The van der Waals surface area contributed by atoms with E-state index in [1.54, 1.807) is 16.8 Å². The lowest BCUT2D eigenvalue weighted by Gasteiger charge is -2.12. The van der Waals surface area contributed by atoms with Crippen LogP contribution in [0.3, 0.4) is 0 Å². The molecule has 154 valence electrons. The van der Waals surface area contributed by atoms with Crippen molar-refractivity contribution in [3.05, 3.63) is 47.5 Å². The quantitative estimate of drug-likeness (QED) is 0.581. The molecule has 0 saturated heterocycles. The summed E-state index contributed by atoms with van der Waals surface area (Å²) >= 11 is 0. The van der Waals surface area contributed by atoms with E-state index in [1.807, 2.05) is 27.9 Å². The topological polar surface area (TPSA) is 80.5 Å². The normalized spacial score (nSPS) is 11.6. The van der Waals surface area contributed by atoms with Gasteiger partial charge in [-0.05, 0) is 50.7 Å². The maximum atomic E-state index is 13.4.